The number of nitrogen functional groups attached to an aromatic ring is 1. The van der Waals surface area contributed by atoms with Gasteiger partial charge in [0, 0.05) is 61.5 Å². The minimum Gasteiger partial charge on any atom is -0.477 e. The van der Waals surface area contributed by atoms with Gasteiger partial charge in [-0.2, -0.15) is 13.2 Å². The zero-order chi connectivity index (χ0) is 38.8. The molecule has 5 heterocycles. The number of Topliss-reactive ketones (excluding diaryl/α,β-unsaturated/α-hetero) is 1. The highest BCUT2D eigenvalue weighted by atomic mass is 32.2. The number of halogens is 4. The minimum absolute atomic E-state index is 0.0227. The monoisotopic (exact) mass is 793 g/mol. The van der Waals surface area contributed by atoms with Crippen molar-refractivity contribution in [2.75, 3.05) is 49.1 Å². The van der Waals surface area contributed by atoms with Crippen molar-refractivity contribution < 1.29 is 56.2 Å². The van der Waals surface area contributed by atoms with Crippen molar-refractivity contribution in [1.29, 1.82) is 0 Å². The van der Waals surface area contributed by atoms with Crippen LogP contribution in [0.25, 0.3) is 10.9 Å². The number of β-lactam (4-membered cyclic amide) rings is 1. The molecule has 0 radical (unpaired) electrons. The Balaban J connectivity index is 1.09. The summed E-state index contributed by atoms with van der Waals surface area (Å²) in [5.74, 6) is -9.96. The number of carbonyl (C=O) groups excluding carboxylic acids is 5. The van der Waals surface area contributed by atoms with Crippen LogP contribution in [0.5, 0.6) is 0 Å². The lowest BCUT2D eigenvalue weighted by molar-refractivity contribution is -0.201. The fourth-order valence-corrected chi connectivity index (χ4v) is 8.40. The van der Waals surface area contributed by atoms with Crippen LogP contribution in [-0.2, 0) is 23.9 Å². The molecule has 2 atom stereocenters. The minimum atomic E-state index is -5.52. The Kier molecular flexibility index (Phi) is 9.46. The Hall–Kier alpha value is -5.35. The first-order valence-electron chi connectivity index (χ1n) is 16.2. The summed E-state index contributed by atoms with van der Waals surface area (Å²) in [6.07, 6.45) is -2.72. The number of ether oxygens (including phenoxy) is 1. The van der Waals surface area contributed by atoms with E-state index in [2.05, 4.69) is 15.0 Å². The van der Waals surface area contributed by atoms with Crippen molar-refractivity contribution in [3.8, 4) is 0 Å². The number of carboxylic acids is 1. The SMILES string of the molecule is Nc1nc(C(=O)C(=O)NC2C(=O)N3C(C(=O)OC(=O)C(F)(F)F)=C(CN4CCN(c5cc6c(cc5F)c(=O)c(C(=O)O)cn6C5CC5)CC4)CS[C@H]23)cs1. The fourth-order valence-electron chi connectivity index (χ4n) is 6.52. The highest BCUT2D eigenvalue weighted by molar-refractivity contribution is 8.00. The zero-order valence-corrected chi connectivity index (χ0v) is 29.2. The molecular weight excluding hydrogens is 767 g/mol. The molecule has 0 bridgehead atoms. The average molecular weight is 794 g/mol. The van der Waals surface area contributed by atoms with Gasteiger partial charge >= 0.3 is 24.1 Å². The second kappa shape index (κ2) is 13.8. The van der Waals surface area contributed by atoms with E-state index in [9.17, 15) is 51.8 Å². The number of rotatable bonds is 9. The van der Waals surface area contributed by atoms with E-state index in [0.29, 0.717) is 5.52 Å². The van der Waals surface area contributed by atoms with Crippen molar-refractivity contribution in [2.45, 2.75) is 36.5 Å². The standard InChI is InChI=1S/C32H27F4N7O9S2/c33-17-7-15-19(42(14-1-2-14)10-16(23(15)44)28(48)49)8-20(17)41-5-3-40(4-6-41)9-13-11-53-27-21(39-25(46)24(45)18-12-54-31(37)38-18)26(47)43(27)22(13)29(50)52-30(51)32(34,35)36/h7-8,10,12,14,21,27H,1-6,9,11H2,(H2,37,38)(H,39,46)(H,48,49)/t21?,27-/m1/s1. The number of carbonyl (C=O) groups is 6. The predicted molar refractivity (Wildman–Crippen MR) is 182 cm³/mol. The van der Waals surface area contributed by atoms with Gasteiger partial charge in [-0.3, -0.25) is 29.0 Å². The molecule has 1 aromatic carbocycles. The van der Waals surface area contributed by atoms with E-state index in [1.54, 1.807) is 14.4 Å². The molecule has 284 valence electrons. The molecule has 2 aromatic heterocycles. The first-order valence-corrected chi connectivity index (χ1v) is 18.1. The quantitative estimate of drug-likeness (QED) is 0.0700. The van der Waals surface area contributed by atoms with Crippen LogP contribution in [0.15, 0.2) is 39.8 Å². The molecule has 3 aliphatic heterocycles. The van der Waals surface area contributed by atoms with Crippen LogP contribution in [0.4, 0.5) is 28.4 Å². The van der Waals surface area contributed by atoms with Crippen molar-refractivity contribution >= 4 is 80.3 Å². The van der Waals surface area contributed by atoms with Gasteiger partial charge in [-0.05, 0) is 30.5 Å². The number of nitrogens with zero attached hydrogens (tertiary/aromatic N) is 5. The molecule has 7 rings (SSSR count). The molecule has 54 heavy (non-hydrogen) atoms. The van der Waals surface area contributed by atoms with Crippen molar-refractivity contribution in [1.82, 2.24) is 24.7 Å². The fraction of sp³-hybridized carbons (Fsp3) is 0.375. The van der Waals surface area contributed by atoms with Crippen LogP contribution in [-0.4, -0.2) is 116 Å². The number of carboxylic acid groups (broad SMARTS) is 1. The molecule has 0 spiro atoms. The number of hydrogen-bond acceptors (Lipinski definition) is 14. The van der Waals surface area contributed by atoms with E-state index in [1.807, 2.05) is 0 Å². The normalized spacial score (nSPS) is 20.4. The molecule has 2 amide bonds. The van der Waals surface area contributed by atoms with Crippen LogP contribution in [0.1, 0.15) is 39.7 Å². The van der Waals surface area contributed by atoms with Gasteiger partial charge in [0.2, 0.25) is 5.43 Å². The number of aromatic carboxylic acids is 1. The second-order valence-corrected chi connectivity index (χ2v) is 14.8. The topological polar surface area (TPSA) is 215 Å². The Labute approximate surface area is 308 Å². The summed E-state index contributed by atoms with van der Waals surface area (Å²) in [4.78, 5) is 95.8. The largest absolute Gasteiger partial charge is 0.491 e. The number of nitrogens with two attached hydrogens (primary N) is 1. The molecule has 1 saturated carbocycles. The second-order valence-electron chi connectivity index (χ2n) is 12.8. The van der Waals surface area contributed by atoms with Crippen molar-refractivity contribution in [2.24, 2.45) is 0 Å². The van der Waals surface area contributed by atoms with Crippen LogP contribution in [0.2, 0.25) is 0 Å². The van der Waals surface area contributed by atoms with Gasteiger partial charge in [0.1, 0.15) is 34.2 Å². The van der Waals surface area contributed by atoms with Gasteiger partial charge in [-0.25, -0.2) is 23.8 Å². The molecule has 1 unspecified atom stereocenters. The maximum atomic E-state index is 15.5. The lowest BCUT2D eigenvalue weighted by atomic mass is 10.0. The summed E-state index contributed by atoms with van der Waals surface area (Å²) in [5.41, 5.74) is 4.08. The number of thiazole rings is 1. The Morgan fingerprint density at radius 2 is 1.78 bits per heavy atom. The van der Waals surface area contributed by atoms with E-state index >= 15 is 4.39 Å². The first kappa shape index (κ1) is 37.0. The van der Waals surface area contributed by atoms with E-state index in [-0.39, 0.29) is 72.0 Å². The number of pyridine rings is 1. The van der Waals surface area contributed by atoms with Gasteiger partial charge in [0.15, 0.2) is 5.13 Å². The summed E-state index contributed by atoms with van der Waals surface area (Å²) >= 11 is 1.96. The molecular formula is C32H27F4N7O9S2. The molecule has 3 aromatic rings. The number of amides is 2. The van der Waals surface area contributed by atoms with Gasteiger partial charge in [0.05, 0.1) is 11.2 Å². The Morgan fingerprint density at radius 1 is 1.07 bits per heavy atom. The number of thioether (sulfide) groups is 1. The predicted octanol–water partition coefficient (Wildman–Crippen LogP) is 1.50. The summed E-state index contributed by atoms with van der Waals surface area (Å²) in [5, 5.41) is 11.9. The molecule has 22 heteroatoms. The van der Waals surface area contributed by atoms with E-state index in [0.717, 1.165) is 46.9 Å². The Bertz CT molecular complexity index is 2250. The zero-order valence-electron chi connectivity index (χ0n) is 27.6. The van der Waals surface area contributed by atoms with Crippen molar-refractivity contribution in [3.05, 3.63) is 62.3 Å². The smallest absolute Gasteiger partial charge is 0.477 e. The van der Waals surface area contributed by atoms with E-state index < -0.39 is 75.6 Å². The van der Waals surface area contributed by atoms with Crippen LogP contribution < -0.4 is 21.4 Å². The number of ketones is 1. The maximum Gasteiger partial charge on any atom is 0.491 e. The number of esters is 2. The molecule has 4 aliphatic rings. The first-order chi connectivity index (χ1) is 25.5. The maximum absolute atomic E-state index is 15.5. The van der Waals surface area contributed by atoms with Gasteiger partial charge in [-0.1, -0.05) is 0 Å². The van der Waals surface area contributed by atoms with Crippen LogP contribution in [0, 0.1) is 5.82 Å². The lowest BCUT2D eigenvalue weighted by Gasteiger charge is -2.50. The number of hydrogen-bond donors (Lipinski definition) is 3. The third-order valence-corrected chi connectivity index (χ3v) is 11.3. The van der Waals surface area contributed by atoms with E-state index in [4.69, 9.17) is 5.73 Å². The lowest BCUT2D eigenvalue weighted by Crippen LogP contribution is -2.71. The molecule has 3 fully saturated rings. The van der Waals surface area contributed by atoms with Crippen LogP contribution >= 0.6 is 23.1 Å². The molecule has 1 aliphatic carbocycles. The number of alkyl halides is 3. The summed E-state index contributed by atoms with van der Waals surface area (Å²) in [6.45, 7) is 0.842. The van der Waals surface area contributed by atoms with Gasteiger partial charge in [-0.15, -0.1) is 23.1 Å². The van der Waals surface area contributed by atoms with Crippen LogP contribution in [0.3, 0.4) is 0 Å². The van der Waals surface area contributed by atoms with Gasteiger partial charge < -0.3 is 30.4 Å². The summed E-state index contributed by atoms with van der Waals surface area (Å²) in [6, 6.07) is 1.14. The third kappa shape index (κ3) is 6.79. The number of nitrogens with one attached hydrogen (secondary N) is 1. The van der Waals surface area contributed by atoms with Gasteiger partial charge in [0.25, 0.3) is 17.6 Å². The highest BCUT2D eigenvalue weighted by Crippen LogP contribution is 2.42. The number of anilines is 2. The third-order valence-electron chi connectivity index (χ3n) is 9.30. The highest BCUT2D eigenvalue weighted by Gasteiger charge is 2.56. The number of piperazine rings is 1. The molecule has 4 N–H and O–H groups in total. The average Bonchev–Trinajstić information content (AvgIpc) is 3.88. The van der Waals surface area contributed by atoms with Crippen molar-refractivity contribution in [3.63, 3.8) is 0 Å². The molecule has 16 nitrogen and oxygen atoms in total. The summed E-state index contributed by atoms with van der Waals surface area (Å²) < 4.78 is 60.5. The Morgan fingerprint density at radius 3 is 2.39 bits per heavy atom. The van der Waals surface area contributed by atoms with E-state index in [1.165, 1.54) is 17.6 Å². The number of fused-ring (bicyclic) bond motifs is 2. The molecule has 2 saturated heterocycles. The number of aromatic nitrogens is 2. The summed E-state index contributed by atoms with van der Waals surface area (Å²) in [7, 11) is 0. The number of benzene rings is 1.